The fourth-order valence-electron chi connectivity index (χ4n) is 2.13. The molecule has 0 saturated heterocycles. The lowest BCUT2D eigenvalue weighted by molar-refractivity contribution is 1.29. The molecular weight excluding hydrogens is 318 g/mol. The van der Waals surface area contributed by atoms with Crippen molar-refractivity contribution in [2.75, 3.05) is 5.73 Å². The minimum Gasteiger partial charge on any atom is -0.398 e. The van der Waals surface area contributed by atoms with Crippen LogP contribution in [0.1, 0.15) is 22.3 Å². The summed E-state index contributed by atoms with van der Waals surface area (Å²) in [5, 5.41) is 0. The average molecular weight is 336 g/mol. The summed E-state index contributed by atoms with van der Waals surface area (Å²) in [6.45, 7) is 4.29. The molecule has 19 heavy (non-hydrogen) atoms. The zero-order chi connectivity index (χ0) is 13.8. The molecule has 100 valence electrons. The van der Waals surface area contributed by atoms with Gasteiger partial charge in [0, 0.05) is 21.7 Å². The van der Waals surface area contributed by atoms with Gasteiger partial charge in [0.05, 0.1) is 0 Å². The van der Waals surface area contributed by atoms with Gasteiger partial charge in [0.15, 0.2) is 0 Å². The second-order valence-corrected chi connectivity index (χ2v) is 6.73. The number of hydrogen-bond acceptors (Lipinski definition) is 2. The molecule has 0 unspecified atom stereocenters. The fraction of sp³-hybridized carbons (Fsp3) is 0.250. The number of benzene rings is 2. The summed E-state index contributed by atoms with van der Waals surface area (Å²) >= 11 is 5.33. The van der Waals surface area contributed by atoms with Crippen LogP contribution in [-0.4, -0.2) is 0 Å². The van der Waals surface area contributed by atoms with Gasteiger partial charge < -0.3 is 5.73 Å². The van der Waals surface area contributed by atoms with Crippen LogP contribution in [-0.2, 0) is 11.5 Å². The van der Waals surface area contributed by atoms with E-state index in [0.717, 1.165) is 21.7 Å². The number of nitrogen functional groups attached to an aromatic ring is 1. The Bertz CT molecular complexity index is 561. The number of anilines is 1. The van der Waals surface area contributed by atoms with Crippen molar-refractivity contribution in [1.82, 2.24) is 0 Å². The van der Waals surface area contributed by atoms with Gasteiger partial charge in [-0.2, -0.15) is 11.8 Å². The molecule has 3 heteroatoms. The van der Waals surface area contributed by atoms with E-state index in [1.54, 1.807) is 0 Å². The van der Waals surface area contributed by atoms with Crippen LogP contribution in [0.25, 0.3) is 0 Å². The minimum absolute atomic E-state index is 0.863. The molecule has 0 aromatic heterocycles. The van der Waals surface area contributed by atoms with Crippen molar-refractivity contribution in [3.05, 3.63) is 63.1 Å². The molecule has 0 fully saturated rings. The molecule has 0 aliphatic rings. The van der Waals surface area contributed by atoms with Crippen molar-refractivity contribution in [2.24, 2.45) is 0 Å². The third kappa shape index (κ3) is 4.29. The Balaban J connectivity index is 1.96. The number of rotatable bonds is 4. The number of nitrogens with two attached hydrogens (primary N) is 1. The lowest BCUT2D eigenvalue weighted by atomic mass is 10.1. The Labute approximate surface area is 127 Å². The molecule has 0 radical (unpaired) electrons. The van der Waals surface area contributed by atoms with Gasteiger partial charge in [-0.15, -0.1) is 0 Å². The van der Waals surface area contributed by atoms with Gasteiger partial charge in [-0.25, -0.2) is 0 Å². The van der Waals surface area contributed by atoms with Crippen LogP contribution in [0.15, 0.2) is 40.9 Å². The predicted molar refractivity (Wildman–Crippen MR) is 89.5 cm³/mol. The molecular formula is C16H18BrNS. The van der Waals surface area contributed by atoms with Crippen LogP contribution < -0.4 is 5.73 Å². The highest BCUT2D eigenvalue weighted by molar-refractivity contribution is 9.10. The van der Waals surface area contributed by atoms with Crippen molar-refractivity contribution >= 4 is 33.4 Å². The smallest absolute Gasteiger partial charge is 0.0366 e. The highest BCUT2D eigenvalue weighted by Crippen LogP contribution is 2.25. The van der Waals surface area contributed by atoms with Crippen LogP contribution in [0.5, 0.6) is 0 Å². The van der Waals surface area contributed by atoms with E-state index >= 15 is 0 Å². The quantitative estimate of drug-likeness (QED) is 0.788. The zero-order valence-electron chi connectivity index (χ0n) is 11.2. The van der Waals surface area contributed by atoms with Crippen LogP contribution in [0.2, 0.25) is 0 Å². The molecule has 0 heterocycles. The van der Waals surface area contributed by atoms with Crippen molar-refractivity contribution in [3.63, 3.8) is 0 Å². The van der Waals surface area contributed by atoms with E-state index in [9.17, 15) is 0 Å². The van der Waals surface area contributed by atoms with Crippen molar-refractivity contribution in [2.45, 2.75) is 25.4 Å². The zero-order valence-corrected chi connectivity index (χ0v) is 13.6. The van der Waals surface area contributed by atoms with E-state index < -0.39 is 0 Å². The van der Waals surface area contributed by atoms with E-state index in [1.165, 1.54) is 22.3 Å². The Hall–Kier alpha value is -0.930. The fourth-order valence-corrected chi connectivity index (χ4v) is 3.49. The highest BCUT2D eigenvalue weighted by atomic mass is 79.9. The van der Waals surface area contributed by atoms with Gasteiger partial charge in [0.25, 0.3) is 0 Å². The summed E-state index contributed by atoms with van der Waals surface area (Å²) < 4.78 is 1.04. The molecule has 2 aromatic rings. The van der Waals surface area contributed by atoms with Crippen LogP contribution in [0, 0.1) is 13.8 Å². The van der Waals surface area contributed by atoms with E-state index in [0.29, 0.717) is 0 Å². The number of halogens is 1. The molecule has 2 rings (SSSR count). The first-order chi connectivity index (χ1) is 9.04. The minimum atomic E-state index is 0.863. The summed E-state index contributed by atoms with van der Waals surface area (Å²) in [6, 6.07) is 12.8. The summed E-state index contributed by atoms with van der Waals surface area (Å²) in [7, 11) is 0. The lowest BCUT2D eigenvalue weighted by Gasteiger charge is -2.07. The number of hydrogen-bond donors (Lipinski definition) is 1. The van der Waals surface area contributed by atoms with Gasteiger partial charge in [-0.05, 0) is 37.1 Å². The summed E-state index contributed by atoms with van der Waals surface area (Å²) in [6.07, 6.45) is 0. The van der Waals surface area contributed by atoms with Gasteiger partial charge in [0.1, 0.15) is 0 Å². The Morgan fingerprint density at radius 3 is 2.32 bits per heavy atom. The van der Waals surface area contributed by atoms with Crippen molar-refractivity contribution < 1.29 is 0 Å². The van der Waals surface area contributed by atoms with Gasteiger partial charge in [-0.3, -0.25) is 0 Å². The third-order valence-electron chi connectivity index (χ3n) is 2.92. The van der Waals surface area contributed by atoms with Crippen molar-refractivity contribution in [3.8, 4) is 0 Å². The van der Waals surface area contributed by atoms with Gasteiger partial charge in [0.2, 0.25) is 0 Å². The first-order valence-corrected chi connectivity index (χ1v) is 8.18. The highest BCUT2D eigenvalue weighted by Gasteiger charge is 2.02. The molecule has 0 aliphatic heterocycles. The maximum atomic E-state index is 6.01. The Kier molecular flexibility index (Phi) is 4.94. The van der Waals surface area contributed by atoms with E-state index in [4.69, 9.17) is 5.73 Å². The first-order valence-electron chi connectivity index (χ1n) is 6.23. The number of thioether (sulfide) groups is 1. The second kappa shape index (κ2) is 6.49. The summed E-state index contributed by atoms with van der Waals surface area (Å²) in [4.78, 5) is 0. The van der Waals surface area contributed by atoms with Crippen LogP contribution in [0.4, 0.5) is 5.69 Å². The molecule has 0 aliphatic carbocycles. The summed E-state index contributed by atoms with van der Waals surface area (Å²) in [5.41, 5.74) is 12.1. The van der Waals surface area contributed by atoms with Gasteiger partial charge in [-0.1, -0.05) is 51.3 Å². The molecule has 2 N–H and O–H groups in total. The molecule has 0 atom stereocenters. The normalized spacial score (nSPS) is 10.7. The average Bonchev–Trinajstić information content (AvgIpc) is 2.30. The van der Waals surface area contributed by atoms with E-state index in [2.05, 4.69) is 54.0 Å². The largest absolute Gasteiger partial charge is 0.398 e. The maximum absolute atomic E-state index is 6.01. The Morgan fingerprint density at radius 1 is 1.00 bits per heavy atom. The van der Waals surface area contributed by atoms with Crippen molar-refractivity contribution in [1.29, 1.82) is 0 Å². The third-order valence-corrected chi connectivity index (χ3v) is 4.46. The van der Waals surface area contributed by atoms with E-state index in [1.807, 2.05) is 23.9 Å². The maximum Gasteiger partial charge on any atom is 0.0366 e. The summed E-state index contributed by atoms with van der Waals surface area (Å²) in [5.74, 6) is 1.98. The lowest BCUT2D eigenvalue weighted by Crippen LogP contribution is -1.93. The first kappa shape index (κ1) is 14.5. The monoisotopic (exact) mass is 335 g/mol. The molecule has 0 spiro atoms. The SMILES string of the molecule is Cc1cc(C)cc(CSCc2ccc(Br)cc2N)c1. The topological polar surface area (TPSA) is 26.0 Å². The molecule has 1 nitrogen and oxygen atoms in total. The molecule has 0 bridgehead atoms. The second-order valence-electron chi connectivity index (χ2n) is 4.83. The van der Waals surface area contributed by atoms with E-state index in [-0.39, 0.29) is 0 Å². The van der Waals surface area contributed by atoms with Gasteiger partial charge >= 0.3 is 0 Å². The molecule has 0 saturated carbocycles. The molecule has 0 amide bonds. The van der Waals surface area contributed by atoms with Crippen LogP contribution in [0.3, 0.4) is 0 Å². The predicted octanol–water partition coefficient (Wildman–Crippen LogP) is 5.08. The van der Waals surface area contributed by atoms with Crippen LogP contribution >= 0.6 is 27.7 Å². The standard InChI is InChI=1S/C16H18BrNS/c1-11-5-12(2)7-13(6-11)9-19-10-14-3-4-15(17)8-16(14)18/h3-8H,9-10,18H2,1-2H3. The number of aryl methyl sites for hydroxylation is 2. The molecule has 2 aromatic carbocycles. The Morgan fingerprint density at radius 2 is 1.68 bits per heavy atom.